The van der Waals surface area contributed by atoms with Crippen LogP contribution in [-0.2, 0) is 16.0 Å². The van der Waals surface area contributed by atoms with Crippen LogP contribution in [0.2, 0.25) is 0 Å². The van der Waals surface area contributed by atoms with Crippen molar-refractivity contribution in [3.05, 3.63) is 29.8 Å². The summed E-state index contributed by atoms with van der Waals surface area (Å²) in [6, 6.07) is 5.73. The van der Waals surface area contributed by atoms with Crippen molar-refractivity contribution in [3.8, 4) is 0 Å². The number of methoxy groups -OCH3 is 1. The maximum Gasteiger partial charge on any atom is 0.463 e. The number of anilines is 1. The van der Waals surface area contributed by atoms with Gasteiger partial charge in [-0.3, -0.25) is 4.79 Å². The van der Waals surface area contributed by atoms with Gasteiger partial charge >= 0.3 is 18.0 Å². The molecule has 0 aromatic heterocycles. The minimum atomic E-state index is -5.93. The quantitative estimate of drug-likeness (QED) is 0.848. The molecule has 0 heterocycles. The Morgan fingerprint density at radius 3 is 2.35 bits per heavy atom. The number of amides is 1. The molecule has 0 fully saturated rings. The van der Waals surface area contributed by atoms with Crippen molar-refractivity contribution in [2.24, 2.45) is 0 Å². The van der Waals surface area contributed by atoms with Gasteiger partial charge in [-0.25, -0.2) is 0 Å². The Hall–Kier alpha value is -1.70. The summed E-state index contributed by atoms with van der Waals surface area (Å²) in [6.45, 7) is 0.239. The van der Waals surface area contributed by atoms with E-state index in [2.05, 4.69) is 0 Å². The highest BCUT2D eigenvalue weighted by Gasteiger charge is 2.63. The van der Waals surface area contributed by atoms with E-state index in [1.165, 1.54) is 25.3 Å². The van der Waals surface area contributed by atoms with Gasteiger partial charge in [0.1, 0.15) is 0 Å². The maximum atomic E-state index is 12.8. The second kappa shape index (κ2) is 6.17. The molecule has 1 N–H and O–H groups in total. The smallest absolute Gasteiger partial charge is 0.384 e. The molecule has 0 aliphatic carbocycles. The van der Waals surface area contributed by atoms with Crippen LogP contribution in [0.15, 0.2) is 24.3 Å². The van der Waals surface area contributed by atoms with E-state index in [4.69, 9.17) is 4.74 Å². The first kappa shape index (κ1) is 16.4. The lowest BCUT2D eigenvalue weighted by Gasteiger charge is -2.19. The van der Waals surface area contributed by atoms with E-state index in [-0.39, 0.29) is 18.7 Å². The third-order valence-corrected chi connectivity index (χ3v) is 2.48. The number of rotatable bonds is 5. The average Bonchev–Trinajstić information content (AvgIpc) is 2.36. The van der Waals surface area contributed by atoms with Crippen LogP contribution in [0, 0.1) is 0 Å². The van der Waals surface area contributed by atoms with Gasteiger partial charge in [0.05, 0.1) is 6.61 Å². The third-order valence-electron chi connectivity index (χ3n) is 2.48. The Morgan fingerprint density at radius 1 is 1.20 bits per heavy atom. The zero-order chi connectivity index (χ0) is 15.4. The molecule has 20 heavy (non-hydrogen) atoms. The molecule has 0 atom stereocenters. The van der Waals surface area contributed by atoms with E-state index in [0.717, 1.165) is 0 Å². The second-order valence-corrected chi connectivity index (χ2v) is 3.93. The van der Waals surface area contributed by atoms with Gasteiger partial charge in [0.25, 0.3) is 0 Å². The number of hydrogen-bond donors (Lipinski definition) is 1. The fourth-order valence-corrected chi connectivity index (χ4v) is 1.40. The van der Waals surface area contributed by atoms with Crippen LogP contribution in [0.4, 0.5) is 27.6 Å². The predicted octanol–water partition coefficient (Wildman–Crippen LogP) is 3.01. The topological polar surface area (TPSA) is 38.3 Å². The van der Waals surface area contributed by atoms with Crippen LogP contribution in [0.3, 0.4) is 0 Å². The number of nitrogens with one attached hydrogen (secondary N) is 1. The lowest BCUT2D eigenvalue weighted by Crippen LogP contribution is -2.47. The molecule has 0 aliphatic heterocycles. The lowest BCUT2D eigenvalue weighted by atomic mass is 10.1. The molecule has 0 spiro atoms. The first-order chi connectivity index (χ1) is 9.20. The fraction of sp³-hybridized carbons (Fsp3) is 0.417. The van der Waals surface area contributed by atoms with Gasteiger partial charge in [0, 0.05) is 12.8 Å². The summed E-state index contributed by atoms with van der Waals surface area (Å²) in [5.74, 6) is -7.85. The Balaban J connectivity index is 2.91. The number of hydrogen-bond acceptors (Lipinski definition) is 2. The Bertz CT molecular complexity index is 473. The molecular weight excluding hydrogens is 285 g/mol. The minimum Gasteiger partial charge on any atom is -0.384 e. The van der Waals surface area contributed by atoms with E-state index in [0.29, 0.717) is 5.56 Å². The molecule has 1 aromatic carbocycles. The zero-order valence-electron chi connectivity index (χ0n) is 10.4. The second-order valence-electron chi connectivity index (χ2n) is 3.93. The average molecular weight is 297 g/mol. The maximum absolute atomic E-state index is 12.8. The van der Waals surface area contributed by atoms with Gasteiger partial charge in [-0.05, 0) is 18.1 Å². The first-order valence-electron chi connectivity index (χ1n) is 5.53. The number of carbonyl (C=O) groups excluding carboxylic acids is 1. The summed E-state index contributed by atoms with van der Waals surface area (Å²) in [5.41, 5.74) is 0.305. The number of halogens is 5. The molecule has 0 unspecified atom stereocenters. The van der Waals surface area contributed by atoms with Crippen molar-refractivity contribution in [2.75, 3.05) is 19.0 Å². The molecule has 0 aliphatic rings. The van der Waals surface area contributed by atoms with Gasteiger partial charge < -0.3 is 10.1 Å². The predicted molar refractivity (Wildman–Crippen MR) is 61.7 cm³/mol. The van der Waals surface area contributed by atoms with Crippen molar-refractivity contribution in [1.29, 1.82) is 0 Å². The van der Waals surface area contributed by atoms with Crippen molar-refractivity contribution < 1.29 is 31.5 Å². The summed E-state index contributed by atoms with van der Waals surface area (Å²) in [7, 11) is 1.42. The fourth-order valence-electron chi connectivity index (χ4n) is 1.40. The van der Waals surface area contributed by atoms with Crippen molar-refractivity contribution in [2.45, 2.75) is 18.5 Å². The van der Waals surface area contributed by atoms with Crippen molar-refractivity contribution >= 4 is 11.6 Å². The normalized spacial score (nSPS) is 12.3. The summed E-state index contributed by atoms with van der Waals surface area (Å²) < 4.78 is 66.6. The molecular formula is C12H12F5NO2. The molecule has 3 nitrogen and oxygen atoms in total. The number of benzene rings is 1. The van der Waals surface area contributed by atoms with Crippen LogP contribution >= 0.6 is 0 Å². The Labute approximate surface area is 111 Å². The van der Waals surface area contributed by atoms with Gasteiger partial charge in [-0.2, -0.15) is 22.0 Å². The van der Waals surface area contributed by atoms with E-state index >= 15 is 0 Å². The monoisotopic (exact) mass is 297 g/mol. The molecule has 8 heteroatoms. The van der Waals surface area contributed by atoms with Crippen molar-refractivity contribution in [1.82, 2.24) is 0 Å². The molecule has 112 valence electrons. The highest BCUT2D eigenvalue weighted by Crippen LogP contribution is 2.36. The van der Waals surface area contributed by atoms with Gasteiger partial charge in [-0.1, -0.05) is 18.2 Å². The summed E-state index contributed by atoms with van der Waals surface area (Å²) >= 11 is 0. The highest BCUT2D eigenvalue weighted by molar-refractivity contribution is 5.97. The van der Waals surface area contributed by atoms with Crippen LogP contribution < -0.4 is 5.32 Å². The highest BCUT2D eigenvalue weighted by atomic mass is 19.4. The molecule has 1 amide bonds. The van der Waals surface area contributed by atoms with Crippen molar-refractivity contribution in [3.63, 3.8) is 0 Å². The lowest BCUT2D eigenvalue weighted by molar-refractivity contribution is -0.267. The van der Waals surface area contributed by atoms with Crippen LogP contribution in [-0.4, -0.2) is 31.7 Å². The molecule has 0 saturated carbocycles. The van der Waals surface area contributed by atoms with Crippen LogP contribution in [0.5, 0.6) is 0 Å². The molecule has 0 saturated heterocycles. The Kier molecular flexibility index (Phi) is 5.04. The third kappa shape index (κ3) is 3.66. The van der Waals surface area contributed by atoms with Gasteiger partial charge in [0.15, 0.2) is 0 Å². The van der Waals surface area contributed by atoms with Gasteiger partial charge in [-0.15, -0.1) is 0 Å². The molecule has 1 aromatic rings. The van der Waals surface area contributed by atoms with Gasteiger partial charge in [0.2, 0.25) is 0 Å². The SMILES string of the molecule is COCCc1ccccc1NC(=O)C(F)(F)C(F)(F)F. The Morgan fingerprint density at radius 2 is 1.80 bits per heavy atom. The molecule has 0 radical (unpaired) electrons. The summed E-state index contributed by atoms with van der Waals surface area (Å²) in [5, 5.41) is 1.60. The number of carbonyl (C=O) groups is 1. The van der Waals surface area contributed by atoms with Crippen LogP contribution in [0.1, 0.15) is 5.56 Å². The zero-order valence-corrected chi connectivity index (χ0v) is 10.4. The van der Waals surface area contributed by atoms with E-state index in [1.807, 2.05) is 0 Å². The van der Waals surface area contributed by atoms with E-state index in [9.17, 15) is 26.7 Å². The largest absolute Gasteiger partial charge is 0.463 e. The molecule has 1 rings (SSSR count). The minimum absolute atomic E-state index is 0.0986. The summed E-state index contributed by atoms with van der Waals surface area (Å²) in [6.07, 6.45) is -5.66. The van der Waals surface area contributed by atoms with E-state index < -0.39 is 18.0 Å². The number of alkyl halides is 5. The number of para-hydroxylation sites is 1. The van der Waals surface area contributed by atoms with Crippen LogP contribution in [0.25, 0.3) is 0 Å². The summed E-state index contributed by atoms with van der Waals surface area (Å²) in [4.78, 5) is 11.1. The standard InChI is InChI=1S/C12H12F5NO2/c1-20-7-6-8-4-2-3-5-9(8)18-10(19)11(13,14)12(15,16)17/h2-5H,6-7H2,1H3,(H,18,19). The number of ether oxygens (including phenoxy) is 1. The molecule has 0 bridgehead atoms. The first-order valence-corrected chi connectivity index (χ1v) is 5.53. The van der Waals surface area contributed by atoms with E-state index in [1.54, 1.807) is 11.4 Å².